The molecule has 7 heteroatoms. The van der Waals surface area contributed by atoms with E-state index in [1.165, 1.54) is 31.3 Å². The summed E-state index contributed by atoms with van der Waals surface area (Å²) in [6, 6.07) is 6.37. The van der Waals surface area contributed by atoms with Crippen LogP contribution in [0.15, 0.2) is 35.0 Å². The van der Waals surface area contributed by atoms with E-state index in [0.717, 1.165) is 12.8 Å². The van der Waals surface area contributed by atoms with Gasteiger partial charge in [0, 0.05) is 6.04 Å². The first-order chi connectivity index (χ1) is 12.6. The van der Waals surface area contributed by atoms with Gasteiger partial charge >= 0.3 is 0 Å². The average Bonchev–Trinajstić information content (AvgIpc) is 3.24. The predicted molar refractivity (Wildman–Crippen MR) is 96.8 cm³/mol. The van der Waals surface area contributed by atoms with Gasteiger partial charge in [-0.05, 0) is 31.9 Å². The first kappa shape index (κ1) is 16.5. The Bertz CT molecular complexity index is 963. The molecule has 1 fully saturated rings. The molecule has 2 N–H and O–H groups in total. The van der Waals surface area contributed by atoms with Gasteiger partial charge < -0.3 is 15.1 Å². The zero-order chi connectivity index (χ0) is 18.1. The molecule has 1 amide bonds. The molecule has 26 heavy (non-hydrogen) atoms. The minimum Gasteiger partial charge on any atom is -0.442 e. The van der Waals surface area contributed by atoms with Crippen molar-refractivity contribution in [3.8, 4) is 0 Å². The number of halogens is 1. The Morgan fingerprint density at radius 1 is 1.23 bits per heavy atom. The fourth-order valence-corrected chi connectivity index (χ4v) is 3.44. The molecule has 0 saturated heterocycles. The van der Waals surface area contributed by atoms with Crippen LogP contribution >= 0.6 is 0 Å². The molecule has 0 spiro atoms. The number of aromatic nitrogens is 2. The number of fused-ring (bicyclic) bond motifs is 1. The molecule has 1 aromatic carbocycles. The quantitative estimate of drug-likeness (QED) is 0.731. The fraction of sp³-hybridized carbons (Fsp3) is 0.316. The molecule has 6 nitrogen and oxygen atoms in total. The van der Waals surface area contributed by atoms with Crippen LogP contribution in [0, 0.1) is 12.7 Å². The highest BCUT2D eigenvalue weighted by molar-refractivity contribution is 6.15. The summed E-state index contributed by atoms with van der Waals surface area (Å²) in [6.07, 6.45) is 5.91. The van der Waals surface area contributed by atoms with Gasteiger partial charge in [-0.25, -0.2) is 14.4 Å². The molecule has 0 atom stereocenters. The highest BCUT2D eigenvalue weighted by Crippen LogP contribution is 2.32. The van der Waals surface area contributed by atoms with Gasteiger partial charge in [-0.15, -0.1) is 0 Å². The maximum absolute atomic E-state index is 13.9. The van der Waals surface area contributed by atoms with Gasteiger partial charge in [0.2, 0.25) is 5.71 Å². The lowest BCUT2D eigenvalue weighted by Gasteiger charge is -2.13. The van der Waals surface area contributed by atoms with Crippen LogP contribution in [-0.2, 0) is 0 Å². The summed E-state index contributed by atoms with van der Waals surface area (Å²) in [5.41, 5.74) is 0.787. The van der Waals surface area contributed by atoms with Gasteiger partial charge in [0.25, 0.3) is 5.91 Å². The maximum Gasteiger partial charge on any atom is 0.260 e. The second-order valence-corrected chi connectivity index (χ2v) is 6.50. The number of aryl methyl sites for hydroxylation is 1. The second-order valence-electron chi connectivity index (χ2n) is 6.50. The topological polar surface area (TPSA) is 80.1 Å². The lowest BCUT2D eigenvalue weighted by atomic mass is 10.1. The normalized spacial score (nSPS) is 14.7. The number of rotatable bonds is 4. The number of amides is 1. The van der Waals surface area contributed by atoms with Gasteiger partial charge in [-0.1, -0.05) is 25.0 Å². The van der Waals surface area contributed by atoms with E-state index in [4.69, 9.17) is 4.42 Å². The summed E-state index contributed by atoms with van der Waals surface area (Å²) < 4.78 is 19.5. The van der Waals surface area contributed by atoms with Crippen LogP contribution < -0.4 is 10.6 Å². The van der Waals surface area contributed by atoms with Crippen molar-refractivity contribution in [3.05, 3.63) is 47.7 Å². The Morgan fingerprint density at radius 2 is 2.00 bits per heavy atom. The Hall–Kier alpha value is -2.96. The fourth-order valence-electron chi connectivity index (χ4n) is 3.44. The number of nitrogens with zero attached hydrogens (tertiary/aromatic N) is 2. The van der Waals surface area contributed by atoms with Crippen molar-refractivity contribution in [1.29, 1.82) is 0 Å². The van der Waals surface area contributed by atoms with Crippen LogP contribution in [0.2, 0.25) is 0 Å². The van der Waals surface area contributed by atoms with E-state index in [0.29, 0.717) is 34.3 Å². The third-order valence-corrected chi connectivity index (χ3v) is 4.71. The van der Waals surface area contributed by atoms with E-state index in [-0.39, 0.29) is 5.69 Å². The van der Waals surface area contributed by atoms with Gasteiger partial charge in [-0.2, -0.15) is 0 Å². The van der Waals surface area contributed by atoms with Crippen molar-refractivity contribution in [1.82, 2.24) is 9.97 Å². The summed E-state index contributed by atoms with van der Waals surface area (Å²) in [7, 11) is 0. The number of nitrogens with one attached hydrogen (secondary N) is 2. The molecule has 0 aliphatic heterocycles. The second kappa shape index (κ2) is 6.74. The maximum atomic E-state index is 13.9. The van der Waals surface area contributed by atoms with E-state index in [2.05, 4.69) is 20.6 Å². The van der Waals surface area contributed by atoms with E-state index in [1.807, 2.05) is 0 Å². The largest absolute Gasteiger partial charge is 0.442 e. The van der Waals surface area contributed by atoms with Gasteiger partial charge in [0.05, 0.1) is 16.6 Å². The first-order valence-electron chi connectivity index (χ1n) is 8.70. The molecule has 2 heterocycles. The summed E-state index contributed by atoms with van der Waals surface area (Å²) in [4.78, 5) is 21.3. The lowest BCUT2D eigenvalue weighted by Crippen LogP contribution is -2.18. The zero-order valence-corrected chi connectivity index (χ0v) is 14.4. The van der Waals surface area contributed by atoms with Crippen molar-refractivity contribution >= 4 is 28.5 Å². The standard InChI is InChI=1S/C19H19FN4O2/c1-11-15(18(25)24-14-9-5-4-8-13(14)20)16-17(21-10-22-19(16)26-11)23-12-6-2-3-7-12/h4-5,8-10,12H,2-3,6-7H2,1H3,(H,24,25)(H,21,22,23). The minimum absolute atomic E-state index is 0.119. The minimum atomic E-state index is -0.494. The summed E-state index contributed by atoms with van der Waals surface area (Å²) >= 11 is 0. The molecule has 3 aromatic rings. The number of anilines is 2. The molecule has 1 aliphatic carbocycles. The zero-order valence-electron chi connectivity index (χ0n) is 14.4. The monoisotopic (exact) mass is 354 g/mol. The van der Waals surface area contributed by atoms with E-state index >= 15 is 0 Å². The highest BCUT2D eigenvalue weighted by atomic mass is 19.1. The van der Waals surface area contributed by atoms with Crippen LogP contribution in [-0.4, -0.2) is 21.9 Å². The van der Waals surface area contributed by atoms with Crippen LogP contribution in [0.4, 0.5) is 15.9 Å². The highest BCUT2D eigenvalue weighted by Gasteiger charge is 2.25. The lowest BCUT2D eigenvalue weighted by molar-refractivity contribution is 0.102. The molecule has 134 valence electrons. The molecular formula is C19H19FN4O2. The van der Waals surface area contributed by atoms with Crippen LogP contribution in [0.25, 0.3) is 11.1 Å². The number of furan rings is 1. The number of benzene rings is 1. The molecule has 4 rings (SSSR count). The van der Waals surface area contributed by atoms with Gasteiger partial charge in [0.15, 0.2) is 0 Å². The van der Waals surface area contributed by atoms with Crippen LogP contribution in [0.3, 0.4) is 0 Å². The molecule has 1 aliphatic rings. The van der Waals surface area contributed by atoms with Crippen molar-refractivity contribution in [2.45, 2.75) is 38.6 Å². The van der Waals surface area contributed by atoms with Gasteiger partial charge in [-0.3, -0.25) is 4.79 Å². The first-order valence-corrected chi connectivity index (χ1v) is 8.70. The van der Waals surface area contributed by atoms with E-state index in [1.54, 1.807) is 19.1 Å². The predicted octanol–water partition coefficient (Wildman–Crippen LogP) is 4.28. The molecule has 0 radical (unpaired) electrons. The Morgan fingerprint density at radius 3 is 2.77 bits per heavy atom. The number of carbonyl (C=O) groups excluding carboxylic acids is 1. The van der Waals surface area contributed by atoms with Crippen molar-refractivity contribution in [3.63, 3.8) is 0 Å². The molecule has 2 aromatic heterocycles. The Labute approximate surface area is 149 Å². The van der Waals surface area contributed by atoms with E-state index in [9.17, 15) is 9.18 Å². The van der Waals surface area contributed by atoms with Crippen molar-refractivity contribution < 1.29 is 13.6 Å². The smallest absolute Gasteiger partial charge is 0.260 e. The van der Waals surface area contributed by atoms with Crippen LogP contribution in [0.1, 0.15) is 41.8 Å². The average molecular weight is 354 g/mol. The summed E-state index contributed by atoms with van der Waals surface area (Å²) in [5.74, 6) is 0.0590. The SMILES string of the molecule is Cc1oc2ncnc(NC3CCCC3)c2c1C(=O)Nc1ccccc1F. The van der Waals surface area contributed by atoms with Gasteiger partial charge in [0.1, 0.15) is 23.7 Å². The molecule has 1 saturated carbocycles. The third-order valence-electron chi connectivity index (χ3n) is 4.71. The number of para-hydroxylation sites is 1. The van der Waals surface area contributed by atoms with Crippen molar-refractivity contribution in [2.24, 2.45) is 0 Å². The van der Waals surface area contributed by atoms with E-state index < -0.39 is 11.7 Å². The van der Waals surface area contributed by atoms with Crippen molar-refractivity contribution in [2.75, 3.05) is 10.6 Å². The molecule has 0 bridgehead atoms. The Balaban J connectivity index is 1.72. The summed E-state index contributed by atoms with van der Waals surface area (Å²) in [6.45, 7) is 1.69. The summed E-state index contributed by atoms with van der Waals surface area (Å²) in [5, 5.41) is 6.54. The Kier molecular flexibility index (Phi) is 4.28. The van der Waals surface area contributed by atoms with Crippen LogP contribution in [0.5, 0.6) is 0 Å². The number of hydrogen-bond donors (Lipinski definition) is 2. The number of hydrogen-bond acceptors (Lipinski definition) is 5. The third kappa shape index (κ3) is 3.00. The molecular weight excluding hydrogens is 335 g/mol. The number of carbonyl (C=O) groups is 1. The molecule has 0 unspecified atom stereocenters.